The Morgan fingerprint density at radius 2 is 1.48 bits per heavy atom. The van der Waals surface area contributed by atoms with Gasteiger partial charge in [0.15, 0.2) is 6.17 Å². The summed E-state index contributed by atoms with van der Waals surface area (Å²) >= 11 is 0. The summed E-state index contributed by atoms with van der Waals surface area (Å²) in [6, 6.07) is 27.3. The molecule has 1 heterocycles. The summed E-state index contributed by atoms with van der Waals surface area (Å²) in [6.45, 7) is 0. The lowest BCUT2D eigenvalue weighted by atomic mass is 10.0. The molecule has 0 fully saturated rings. The molecule has 0 saturated heterocycles. The number of allylic oxidation sites excluding steroid dienone is 2. The first-order valence-corrected chi connectivity index (χ1v) is 9.14. The van der Waals surface area contributed by atoms with Gasteiger partial charge in [-0.15, -0.1) is 0 Å². The Hall–Kier alpha value is -3.78. The van der Waals surface area contributed by atoms with Crippen LogP contribution in [0.25, 0.3) is 0 Å². The third-order valence-electron chi connectivity index (χ3n) is 4.73. The highest BCUT2D eigenvalue weighted by molar-refractivity contribution is 6.10. The van der Waals surface area contributed by atoms with Crippen LogP contribution in [0.15, 0.2) is 102 Å². The molecule has 3 nitrogen and oxygen atoms in total. The summed E-state index contributed by atoms with van der Waals surface area (Å²) in [5.74, 6) is 0. The second kappa shape index (κ2) is 8.07. The van der Waals surface area contributed by atoms with Gasteiger partial charge in [0.25, 0.3) is 6.43 Å². The van der Waals surface area contributed by atoms with Crippen molar-refractivity contribution in [1.82, 2.24) is 0 Å². The Morgan fingerprint density at radius 1 is 0.862 bits per heavy atom. The second-order valence-electron chi connectivity index (χ2n) is 6.56. The molecule has 0 aromatic heterocycles. The maximum atomic E-state index is 14.2. The van der Waals surface area contributed by atoms with Crippen LogP contribution in [0.1, 0.15) is 22.9 Å². The highest BCUT2D eigenvalue weighted by Crippen LogP contribution is 2.37. The average molecular weight is 385 g/mol. The lowest BCUT2D eigenvalue weighted by molar-refractivity contribution is 0.183. The first kappa shape index (κ1) is 18.6. The summed E-state index contributed by atoms with van der Waals surface area (Å²) in [7, 11) is 0. The Labute approximate surface area is 167 Å². The van der Waals surface area contributed by atoms with Crippen LogP contribution in [0.3, 0.4) is 0 Å². The number of alkyl halides is 2. The Bertz CT molecular complexity index is 1080. The standard InChI is InChI=1S/C24H17F2N3/c25-23(26)22-15-21(18-7-3-1-4-8-18)28-24(19-9-5-2-6-10-19)29(22)20-13-11-17(16-27)12-14-20/h1-15,23-24H. The summed E-state index contributed by atoms with van der Waals surface area (Å²) in [4.78, 5) is 6.36. The fraction of sp³-hybridized carbons (Fsp3) is 0.0833. The van der Waals surface area contributed by atoms with Crippen molar-refractivity contribution in [3.05, 3.63) is 113 Å². The zero-order valence-electron chi connectivity index (χ0n) is 15.4. The van der Waals surface area contributed by atoms with Crippen LogP contribution < -0.4 is 4.90 Å². The van der Waals surface area contributed by atoms with Gasteiger partial charge in [0.2, 0.25) is 0 Å². The number of anilines is 1. The maximum absolute atomic E-state index is 14.2. The summed E-state index contributed by atoms with van der Waals surface area (Å²) in [6.07, 6.45) is -1.89. The molecule has 4 rings (SSSR count). The molecule has 0 aliphatic carbocycles. The second-order valence-corrected chi connectivity index (χ2v) is 6.56. The predicted octanol–water partition coefficient (Wildman–Crippen LogP) is 5.72. The van der Waals surface area contributed by atoms with Crippen LogP contribution in [0, 0.1) is 11.3 Å². The quantitative estimate of drug-likeness (QED) is 0.577. The summed E-state index contributed by atoms with van der Waals surface area (Å²) < 4.78 is 28.3. The SMILES string of the molecule is N#Cc1ccc(N2C(C(F)F)=CC(c3ccccc3)=NC2c2ccccc2)cc1. The van der Waals surface area contributed by atoms with Gasteiger partial charge in [0.05, 0.1) is 23.0 Å². The highest BCUT2D eigenvalue weighted by Gasteiger charge is 2.32. The molecule has 0 amide bonds. The predicted molar refractivity (Wildman–Crippen MR) is 110 cm³/mol. The van der Waals surface area contributed by atoms with E-state index in [9.17, 15) is 8.78 Å². The number of aliphatic imine (C=N–C) groups is 1. The molecule has 1 unspecified atom stereocenters. The third-order valence-corrected chi connectivity index (χ3v) is 4.73. The lowest BCUT2D eigenvalue weighted by Gasteiger charge is -2.36. The van der Waals surface area contributed by atoms with E-state index in [1.165, 1.54) is 11.0 Å². The van der Waals surface area contributed by atoms with Gasteiger partial charge >= 0.3 is 0 Å². The molecule has 1 aliphatic heterocycles. The minimum absolute atomic E-state index is 0.127. The smallest absolute Gasteiger partial charge is 0.278 e. The average Bonchev–Trinajstić information content (AvgIpc) is 2.79. The molecular weight excluding hydrogens is 368 g/mol. The van der Waals surface area contributed by atoms with Crippen molar-refractivity contribution < 1.29 is 8.78 Å². The van der Waals surface area contributed by atoms with Gasteiger partial charge in [0.1, 0.15) is 0 Å². The first-order valence-electron chi connectivity index (χ1n) is 9.14. The third kappa shape index (κ3) is 3.78. The molecule has 0 saturated carbocycles. The van der Waals surface area contributed by atoms with E-state index in [0.29, 0.717) is 17.0 Å². The van der Waals surface area contributed by atoms with Gasteiger partial charge in [-0.2, -0.15) is 5.26 Å². The molecular formula is C24H17F2N3. The van der Waals surface area contributed by atoms with Crippen LogP contribution in [-0.4, -0.2) is 12.1 Å². The molecule has 0 radical (unpaired) electrons. The number of hydrogen-bond acceptors (Lipinski definition) is 3. The monoisotopic (exact) mass is 385 g/mol. The fourth-order valence-electron chi connectivity index (χ4n) is 3.35. The number of rotatable bonds is 4. The number of nitrogens with zero attached hydrogens (tertiary/aromatic N) is 3. The number of nitriles is 1. The minimum atomic E-state index is -2.69. The van der Waals surface area contributed by atoms with E-state index in [0.717, 1.165) is 11.1 Å². The van der Waals surface area contributed by atoms with Crippen LogP contribution in [0.4, 0.5) is 14.5 Å². The molecule has 29 heavy (non-hydrogen) atoms. The van der Waals surface area contributed by atoms with Gasteiger partial charge in [0, 0.05) is 5.69 Å². The molecule has 0 spiro atoms. The van der Waals surface area contributed by atoms with Gasteiger partial charge in [-0.25, -0.2) is 8.78 Å². The Balaban J connectivity index is 1.88. The van der Waals surface area contributed by atoms with E-state index in [4.69, 9.17) is 10.3 Å². The first-order chi connectivity index (χ1) is 14.2. The van der Waals surface area contributed by atoms with Crippen molar-refractivity contribution in [2.24, 2.45) is 4.99 Å². The Morgan fingerprint density at radius 3 is 2.07 bits per heavy atom. The molecule has 1 atom stereocenters. The molecule has 5 heteroatoms. The van der Waals surface area contributed by atoms with Crippen molar-refractivity contribution in [2.75, 3.05) is 4.90 Å². The van der Waals surface area contributed by atoms with Crippen molar-refractivity contribution in [3.63, 3.8) is 0 Å². The van der Waals surface area contributed by atoms with Crippen LogP contribution in [0.2, 0.25) is 0 Å². The van der Waals surface area contributed by atoms with Gasteiger partial charge in [-0.3, -0.25) is 4.99 Å². The van der Waals surface area contributed by atoms with Crippen LogP contribution in [-0.2, 0) is 0 Å². The van der Waals surface area contributed by atoms with Gasteiger partial charge < -0.3 is 4.90 Å². The zero-order valence-corrected chi connectivity index (χ0v) is 15.4. The lowest BCUT2D eigenvalue weighted by Crippen LogP contribution is -2.34. The number of hydrogen-bond donors (Lipinski definition) is 0. The zero-order chi connectivity index (χ0) is 20.2. The number of halogens is 2. The van der Waals surface area contributed by atoms with Crippen LogP contribution in [0.5, 0.6) is 0 Å². The maximum Gasteiger partial charge on any atom is 0.278 e. The molecule has 3 aromatic rings. The van der Waals surface area contributed by atoms with E-state index < -0.39 is 12.6 Å². The molecule has 142 valence electrons. The summed E-state index contributed by atoms with van der Waals surface area (Å²) in [5.41, 5.74) is 3.00. The van der Waals surface area contributed by atoms with E-state index >= 15 is 0 Å². The number of benzene rings is 3. The van der Waals surface area contributed by atoms with Crippen molar-refractivity contribution in [3.8, 4) is 6.07 Å². The molecule has 3 aromatic carbocycles. The van der Waals surface area contributed by atoms with Gasteiger partial charge in [-0.05, 0) is 41.5 Å². The highest BCUT2D eigenvalue weighted by atomic mass is 19.3. The van der Waals surface area contributed by atoms with Crippen LogP contribution >= 0.6 is 0 Å². The normalized spacial score (nSPS) is 16.2. The van der Waals surface area contributed by atoms with Crippen molar-refractivity contribution in [1.29, 1.82) is 5.26 Å². The molecule has 0 bridgehead atoms. The largest absolute Gasteiger partial charge is 0.313 e. The van der Waals surface area contributed by atoms with E-state index in [-0.39, 0.29) is 5.70 Å². The molecule has 0 N–H and O–H groups in total. The fourth-order valence-corrected chi connectivity index (χ4v) is 3.35. The van der Waals surface area contributed by atoms with Crippen molar-refractivity contribution in [2.45, 2.75) is 12.6 Å². The van der Waals surface area contributed by atoms with E-state index in [1.54, 1.807) is 24.3 Å². The Kier molecular flexibility index (Phi) is 5.17. The van der Waals surface area contributed by atoms with E-state index in [1.807, 2.05) is 60.7 Å². The minimum Gasteiger partial charge on any atom is -0.313 e. The topological polar surface area (TPSA) is 39.4 Å². The van der Waals surface area contributed by atoms with Gasteiger partial charge in [-0.1, -0.05) is 60.7 Å². The van der Waals surface area contributed by atoms with E-state index in [2.05, 4.69) is 6.07 Å². The van der Waals surface area contributed by atoms with Crippen molar-refractivity contribution >= 4 is 11.4 Å². The summed E-state index contributed by atoms with van der Waals surface area (Å²) in [5, 5.41) is 9.05. The molecule has 1 aliphatic rings.